The van der Waals surface area contributed by atoms with Crippen LogP contribution in [0, 0.1) is 0 Å². The fourth-order valence-electron chi connectivity index (χ4n) is 0.724. The molecule has 5 heteroatoms. The van der Waals surface area contributed by atoms with E-state index in [1.54, 1.807) is 0 Å². The predicted octanol–water partition coefficient (Wildman–Crippen LogP) is 4.09. The van der Waals surface area contributed by atoms with Crippen LogP contribution in [-0.4, -0.2) is 18.0 Å². The molecule has 1 fully saturated rings. The first kappa shape index (κ1) is 10.4. The maximum atomic E-state index is 3.60. The van der Waals surface area contributed by atoms with Crippen molar-refractivity contribution in [3.63, 3.8) is 0 Å². The maximum absolute atomic E-state index is 3.60. The summed E-state index contributed by atoms with van der Waals surface area (Å²) in [5.41, 5.74) is 0. The van der Waals surface area contributed by atoms with Crippen molar-refractivity contribution in [2.45, 2.75) is 24.4 Å². The first-order valence-electron chi connectivity index (χ1n) is 2.83. The van der Waals surface area contributed by atoms with E-state index in [-0.39, 0.29) is 0 Å². The molecule has 1 aliphatic rings. The van der Waals surface area contributed by atoms with Crippen molar-refractivity contribution >= 4 is 75.5 Å². The van der Waals surface area contributed by atoms with Crippen LogP contribution in [0.4, 0.5) is 0 Å². The van der Waals surface area contributed by atoms with Gasteiger partial charge in [0.2, 0.25) is 0 Å². The third-order valence-electron chi connectivity index (χ3n) is 1.28. The second-order valence-electron chi connectivity index (χ2n) is 2.11. The van der Waals surface area contributed by atoms with Crippen molar-refractivity contribution in [2.24, 2.45) is 0 Å². The molecule has 0 aromatic carbocycles. The average molecular weight is 418 g/mol. The molecule has 0 radical (unpaired) electrons. The van der Waals surface area contributed by atoms with E-state index < -0.39 is 0 Å². The third-order valence-corrected chi connectivity index (χ3v) is 8.95. The molecule has 0 aromatic heterocycles. The summed E-state index contributed by atoms with van der Waals surface area (Å²) in [7, 11) is 0. The second kappa shape index (κ2) is 4.49. The van der Waals surface area contributed by atoms with Gasteiger partial charge in [-0.3, -0.25) is 0 Å². The third kappa shape index (κ3) is 2.64. The first-order valence-corrected chi connectivity index (χ1v) is 7.43. The van der Waals surface area contributed by atoms with Crippen molar-refractivity contribution in [1.82, 2.24) is 0 Å². The van der Waals surface area contributed by atoms with Crippen LogP contribution in [0.2, 0.25) is 0 Å². The minimum absolute atomic E-state index is 0.533. The van der Waals surface area contributed by atoms with Crippen molar-refractivity contribution in [1.29, 1.82) is 0 Å². The largest absolute Gasteiger partial charge is 0.130 e. The molecule has 1 rings (SSSR count). The Kier molecular flexibility index (Phi) is 4.65. The molecule has 0 N–H and O–H groups in total. The van der Waals surface area contributed by atoms with Crippen LogP contribution in [0.15, 0.2) is 0 Å². The minimum atomic E-state index is 0.533. The molecule has 0 bridgehead atoms. The van der Waals surface area contributed by atoms with Crippen LogP contribution in [0.1, 0.15) is 6.42 Å². The highest BCUT2D eigenvalue weighted by atomic mass is 79.9. The van der Waals surface area contributed by atoms with Gasteiger partial charge in [-0.25, -0.2) is 0 Å². The summed E-state index contributed by atoms with van der Waals surface area (Å²) >= 11 is 16.3. The van der Waals surface area contributed by atoms with Gasteiger partial charge in [-0.2, -0.15) is 0 Å². The highest BCUT2D eigenvalue weighted by molar-refractivity contribution is 9.15. The van der Waals surface area contributed by atoms with Crippen LogP contribution in [0.3, 0.4) is 0 Å². The van der Waals surface area contributed by atoms with E-state index in [1.807, 2.05) is 11.8 Å². The number of rotatable bonds is 0. The summed E-state index contributed by atoms with van der Waals surface area (Å²) < 4.78 is 1.07. The Bertz CT molecular complexity index is 94.2. The molecule has 0 amide bonds. The lowest BCUT2D eigenvalue weighted by Gasteiger charge is -2.30. The number of hydrogen-bond acceptors (Lipinski definition) is 1. The molecule has 1 aliphatic heterocycles. The lowest BCUT2D eigenvalue weighted by atomic mass is 10.3. The van der Waals surface area contributed by atoms with E-state index in [9.17, 15) is 0 Å². The maximum Gasteiger partial charge on any atom is 0.0736 e. The van der Waals surface area contributed by atoms with Crippen LogP contribution < -0.4 is 0 Å². The molecule has 0 nitrogen and oxygen atoms in total. The van der Waals surface area contributed by atoms with Gasteiger partial charge in [-0.05, 0) is 6.42 Å². The van der Waals surface area contributed by atoms with Crippen molar-refractivity contribution < 1.29 is 0 Å². The molecule has 10 heavy (non-hydrogen) atoms. The second-order valence-corrected chi connectivity index (χ2v) is 8.93. The molecule has 0 aromatic rings. The summed E-state index contributed by atoms with van der Waals surface area (Å²) in [6.45, 7) is 0. The van der Waals surface area contributed by atoms with E-state index in [0.29, 0.717) is 18.0 Å². The highest BCUT2D eigenvalue weighted by Crippen LogP contribution is 2.44. The van der Waals surface area contributed by atoms with Gasteiger partial charge in [0.15, 0.2) is 0 Å². The number of thioether (sulfide) groups is 1. The lowest BCUT2D eigenvalue weighted by molar-refractivity contribution is 0.788. The van der Waals surface area contributed by atoms with Crippen molar-refractivity contribution in [2.75, 3.05) is 0 Å². The molecule has 1 saturated heterocycles. The van der Waals surface area contributed by atoms with Gasteiger partial charge < -0.3 is 0 Å². The predicted molar refractivity (Wildman–Crippen MR) is 63.1 cm³/mol. The van der Waals surface area contributed by atoms with E-state index >= 15 is 0 Å². The zero-order valence-corrected chi connectivity index (χ0v) is 12.1. The first-order chi connectivity index (χ1) is 4.61. The summed E-state index contributed by atoms with van der Waals surface area (Å²) in [4.78, 5) is 1.16. The van der Waals surface area contributed by atoms with Crippen LogP contribution in [-0.2, 0) is 0 Å². The van der Waals surface area contributed by atoms with E-state index in [1.165, 1.54) is 6.42 Å². The number of halogens is 4. The zero-order chi connectivity index (χ0) is 7.72. The lowest BCUT2D eigenvalue weighted by Crippen LogP contribution is -2.28. The Morgan fingerprint density at radius 1 is 0.900 bits per heavy atom. The Labute approximate surface area is 98.8 Å². The monoisotopic (exact) mass is 414 g/mol. The summed E-state index contributed by atoms with van der Waals surface area (Å²) in [6, 6.07) is 0. The molecule has 0 aliphatic carbocycles. The number of alkyl halides is 4. The Balaban J connectivity index is 2.46. The molecule has 4 atom stereocenters. The Morgan fingerprint density at radius 2 is 1.30 bits per heavy atom. The molecule has 4 unspecified atom stereocenters. The van der Waals surface area contributed by atoms with Gasteiger partial charge in [0.05, 0.1) is 8.32 Å². The van der Waals surface area contributed by atoms with Gasteiger partial charge >= 0.3 is 0 Å². The average Bonchev–Trinajstić information content (AvgIpc) is 1.84. The van der Waals surface area contributed by atoms with Gasteiger partial charge in [0.1, 0.15) is 0 Å². The highest BCUT2D eigenvalue weighted by Gasteiger charge is 2.32. The summed E-state index contributed by atoms with van der Waals surface area (Å²) in [5.74, 6) is 0. The molecular formula is C5H6Br4S. The van der Waals surface area contributed by atoms with Gasteiger partial charge in [0, 0.05) is 9.65 Å². The number of hydrogen-bond donors (Lipinski definition) is 0. The van der Waals surface area contributed by atoms with Crippen LogP contribution in [0.25, 0.3) is 0 Å². The molecule has 0 saturated carbocycles. The normalized spacial score (nSPS) is 49.2. The topological polar surface area (TPSA) is 0 Å². The Hall–Kier alpha value is 2.27. The standard InChI is InChI=1S/C5H6Br4S/c6-2-1-3(7)5(9)10-4(2)8/h2-5H,1H2. The van der Waals surface area contributed by atoms with Crippen molar-refractivity contribution in [3.05, 3.63) is 0 Å². The van der Waals surface area contributed by atoms with Gasteiger partial charge in [0.25, 0.3) is 0 Å². The summed E-state index contributed by atoms with van der Waals surface area (Å²) in [6.07, 6.45) is 1.17. The van der Waals surface area contributed by atoms with Gasteiger partial charge in [-0.1, -0.05) is 63.7 Å². The van der Waals surface area contributed by atoms with E-state index in [2.05, 4.69) is 63.7 Å². The zero-order valence-electron chi connectivity index (χ0n) is 4.94. The van der Waals surface area contributed by atoms with E-state index in [0.717, 1.165) is 0 Å². The Morgan fingerprint density at radius 3 is 1.60 bits per heavy atom. The summed E-state index contributed by atoms with van der Waals surface area (Å²) in [5, 5.41) is 0. The molecule has 1 heterocycles. The fraction of sp³-hybridized carbons (Fsp3) is 1.00. The molecule has 0 spiro atoms. The smallest absolute Gasteiger partial charge is 0.0736 e. The van der Waals surface area contributed by atoms with Crippen LogP contribution in [0.5, 0.6) is 0 Å². The van der Waals surface area contributed by atoms with E-state index in [4.69, 9.17) is 0 Å². The SMILES string of the molecule is BrC1CC(Br)C(Br)SC1Br. The fourth-order valence-corrected chi connectivity index (χ4v) is 6.29. The molecule has 60 valence electrons. The van der Waals surface area contributed by atoms with Crippen LogP contribution >= 0.6 is 75.5 Å². The van der Waals surface area contributed by atoms with Gasteiger partial charge in [-0.15, -0.1) is 11.8 Å². The van der Waals surface area contributed by atoms with Crippen molar-refractivity contribution in [3.8, 4) is 0 Å². The minimum Gasteiger partial charge on any atom is -0.130 e. The molecular weight excluding hydrogens is 412 g/mol. The quantitative estimate of drug-likeness (QED) is 0.535.